The molecule has 0 bridgehead atoms. The highest BCUT2D eigenvalue weighted by atomic mass is 35.5. The number of hydrazone groups is 1. The number of hydrogen-bond acceptors (Lipinski definition) is 7. The normalized spacial score (nSPS) is 11.5. The Morgan fingerprint density at radius 1 is 1.10 bits per heavy atom. The third-order valence-corrected chi connectivity index (χ3v) is 7.05. The molecule has 0 saturated carbocycles. The molecule has 2 N–H and O–H groups in total. The molecule has 0 radical (unpaired) electrons. The van der Waals surface area contributed by atoms with E-state index in [-0.39, 0.29) is 23.7 Å². The van der Waals surface area contributed by atoms with Crippen molar-refractivity contribution in [1.29, 1.82) is 0 Å². The van der Waals surface area contributed by atoms with Gasteiger partial charge >= 0.3 is 6.18 Å². The predicted molar refractivity (Wildman–Crippen MR) is 155 cm³/mol. The first kappa shape index (κ1) is 30.4. The van der Waals surface area contributed by atoms with E-state index in [4.69, 9.17) is 44.3 Å². The highest BCUT2D eigenvalue weighted by molar-refractivity contribution is 7.13. The first-order chi connectivity index (χ1) is 19.5. The second-order valence-electron chi connectivity index (χ2n) is 8.38. The Bertz CT molecular complexity index is 1580. The van der Waals surface area contributed by atoms with E-state index in [2.05, 4.69) is 20.8 Å². The van der Waals surface area contributed by atoms with Crippen LogP contribution in [0.1, 0.15) is 22.4 Å². The van der Waals surface area contributed by atoms with Crippen LogP contribution in [0.3, 0.4) is 0 Å². The molecule has 0 fully saturated rings. The summed E-state index contributed by atoms with van der Waals surface area (Å²) in [6, 6.07) is 13.0. The van der Waals surface area contributed by atoms with E-state index in [0.717, 1.165) is 23.5 Å². The Kier molecular flexibility index (Phi) is 9.98. The van der Waals surface area contributed by atoms with Crippen molar-refractivity contribution >= 4 is 69.1 Å². The summed E-state index contributed by atoms with van der Waals surface area (Å²) >= 11 is 19.7. The van der Waals surface area contributed by atoms with Crippen LogP contribution in [-0.2, 0) is 24.0 Å². The number of rotatable bonds is 10. The fourth-order valence-corrected chi connectivity index (χ4v) is 4.94. The average molecular weight is 644 g/mol. The summed E-state index contributed by atoms with van der Waals surface area (Å²) in [6.45, 7) is 0.128. The first-order valence-corrected chi connectivity index (χ1v) is 13.7. The number of carbonyl (C=O) groups excluding carboxylic acids is 1. The number of benzene rings is 3. The van der Waals surface area contributed by atoms with Crippen molar-refractivity contribution in [3.63, 3.8) is 0 Å². The lowest BCUT2D eigenvalue weighted by Gasteiger charge is -2.14. The van der Waals surface area contributed by atoms with Gasteiger partial charge in [0.2, 0.25) is 5.91 Å². The lowest BCUT2D eigenvalue weighted by atomic mass is 10.2. The summed E-state index contributed by atoms with van der Waals surface area (Å²) in [4.78, 5) is 16.6. The number of alkyl halides is 3. The smallest absolute Gasteiger partial charge is 0.416 e. The molecule has 1 aromatic heterocycles. The van der Waals surface area contributed by atoms with Gasteiger partial charge in [0.05, 0.1) is 36.0 Å². The molecule has 1 amide bonds. The number of carbonyl (C=O) groups is 1. The molecule has 0 unspecified atom stereocenters. The van der Waals surface area contributed by atoms with Gasteiger partial charge in [0.1, 0.15) is 6.61 Å². The molecule has 214 valence electrons. The maximum absolute atomic E-state index is 12.9. The molecule has 1 heterocycles. The Balaban J connectivity index is 1.33. The maximum atomic E-state index is 12.9. The highest BCUT2D eigenvalue weighted by Gasteiger charge is 2.30. The molecule has 4 rings (SSSR count). The fourth-order valence-electron chi connectivity index (χ4n) is 3.47. The fraction of sp³-hybridized carbons (Fsp3) is 0.148. The van der Waals surface area contributed by atoms with Gasteiger partial charge in [0.15, 0.2) is 16.6 Å². The Labute approximate surface area is 251 Å². The molecule has 0 atom stereocenters. The van der Waals surface area contributed by atoms with Crippen molar-refractivity contribution in [2.45, 2.75) is 19.2 Å². The van der Waals surface area contributed by atoms with Crippen molar-refractivity contribution in [2.24, 2.45) is 5.10 Å². The van der Waals surface area contributed by atoms with Crippen LogP contribution in [0.5, 0.6) is 11.5 Å². The third kappa shape index (κ3) is 8.49. The van der Waals surface area contributed by atoms with Gasteiger partial charge in [-0.1, -0.05) is 46.9 Å². The lowest BCUT2D eigenvalue weighted by molar-refractivity contribution is -0.137. The van der Waals surface area contributed by atoms with Crippen molar-refractivity contribution in [3.8, 4) is 11.5 Å². The minimum absolute atomic E-state index is 0.0950. The monoisotopic (exact) mass is 642 g/mol. The summed E-state index contributed by atoms with van der Waals surface area (Å²) < 4.78 is 50.0. The van der Waals surface area contributed by atoms with Crippen molar-refractivity contribution < 1.29 is 27.4 Å². The van der Waals surface area contributed by atoms with E-state index in [1.807, 2.05) is 0 Å². The topological polar surface area (TPSA) is 84.8 Å². The van der Waals surface area contributed by atoms with Gasteiger partial charge in [-0.2, -0.15) is 18.3 Å². The molecule has 7 nitrogen and oxygen atoms in total. The molecule has 0 spiro atoms. The Hall–Kier alpha value is -3.51. The number of nitrogens with one attached hydrogen (secondary N) is 2. The summed E-state index contributed by atoms with van der Waals surface area (Å²) in [6.07, 6.45) is -3.17. The van der Waals surface area contributed by atoms with Gasteiger partial charge in [-0.25, -0.2) is 10.4 Å². The zero-order chi connectivity index (χ0) is 29.6. The number of methoxy groups -OCH3 is 1. The van der Waals surface area contributed by atoms with Crippen LogP contribution in [-0.4, -0.2) is 24.2 Å². The van der Waals surface area contributed by atoms with E-state index < -0.39 is 17.6 Å². The number of amides is 1. The third-order valence-electron chi connectivity index (χ3n) is 5.38. The minimum atomic E-state index is -4.45. The standard InChI is InChI=1S/C27H20Cl3F3N4O3S/c1-39-23-8-15(7-22(30)25(23)40-13-16-5-6-18(28)10-21(16)29)12-34-37-24(38)11-20-14-41-26(36-20)35-19-4-2-3-17(9-19)27(31,32)33/h2-10,12,14H,11,13H2,1H3,(H,35,36)(H,37,38)/b34-12-. The van der Waals surface area contributed by atoms with Crippen LogP contribution in [0.4, 0.5) is 24.0 Å². The summed E-state index contributed by atoms with van der Waals surface area (Å²) in [5.74, 6) is 0.202. The average Bonchev–Trinajstić information content (AvgIpc) is 3.34. The van der Waals surface area contributed by atoms with Crippen LogP contribution in [0.2, 0.25) is 15.1 Å². The van der Waals surface area contributed by atoms with Gasteiger partial charge in [-0.3, -0.25) is 4.79 Å². The molecule has 14 heteroatoms. The number of halogens is 6. The van der Waals surface area contributed by atoms with Crippen LogP contribution in [0.15, 0.2) is 65.1 Å². The molecule has 0 aliphatic heterocycles. The first-order valence-electron chi connectivity index (χ1n) is 11.7. The molecule has 3 aromatic carbocycles. The van der Waals surface area contributed by atoms with Gasteiger partial charge in [-0.15, -0.1) is 11.3 Å². The summed E-state index contributed by atoms with van der Waals surface area (Å²) in [5.41, 5.74) is 3.52. The van der Waals surface area contributed by atoms with Crippen LogP contribution < -0.4 is 20.2 Å². The second kappa shape index (κ2) is 13.4. The highest BCUT2D eigenvalue weighted by Crippen LogP contribution is 2.37. The second-order valence-corrected chi connectivity index (χ2v) is 10.5. The Morgan fingerprint density at radius 3 is 2.63 bits per heavy atom. The van der Waals surface area contributed by atoms with Crippen molar-refractivity contribution in [3.05, 3.63) is 97.4 Å². The number of thiazole rings is 1. The van der Waals surface area contributed by atoms with E-state index in [9.17, 15) is 18.0 Å². The van der Waals surface area contributed by atoms with Gasteiger partial charge < -0.3 is 14.8 Å². The van der Waals surface area contributed by atoms with Crippen LogP contribution in [0.25, 0.3) is 0 Å². The van der Waals surface area contributed by atoms with Gasteiger partial charge in [0.25, 0.3) is 0 Å². The largest absolute Gasteiger partial charge is 0.493 e. The molecule has 41 heavy (non-hydrogen) atoms. The molecule has 0 aliphatic carbocycles. The number of ether oxygens (including phenoxy) is 2. The van der Waals surface area contributed by atoms with Crippen molar-refractivity contribution in [2.75, 3.05) is 12.4 Å². The van der Waals surface area contributed by atoms with Crippen LogP contribution in [0, 0.1) is 0 Å². The zero-order valence-corrected chi connectivity index (χ0v) is 24.1. The Morgan fingerprint density at radius 2 is 1.90 bits per heavy atom. The minimum Gasteiger partial charge on any atom is -0.493 e. The molecule has 0 saturated heterocycles. The van der Waals surface area contributed by atoms with Gasteiger partial charge in [-0.05, 0) is 48.0 Å². The number of aromatic nitrogens is 1. The van der Waals surface area contributed by atoms with Crippen LogP contribution >= 0.6 is 46.1 Å². The molecular weight excluding hydrogens is 624 g/mol. The van der Waals surface area contributed by atoms with E-state index >= 15 is 0 Å². The summed E-state index contributed by atoms with van der Waals surface area (Å²) in [7, 11) is 1.46. The van der Waals surface area contributed by atoms with Crippen molar-refractivity contribution in [1.82, 2.24) is 10.4 Å². The lowest BCUT2D eigenvalue weighted by Crippen LogP contribution is -2.20. The number of anilines is 2. The van der Waals surface area contributed by atoms with Gasteiger partial charge in [0, 0.05) is 26.7 Å². The van der Waals surface area contributed by atoms with E-state index in [1.165, 1.54) is 25.5 Å². The molecule has 4 aromatic rings. The predicted octanol–water partition coefficient (Wildman–Crippen LogP) is 8.15. The zero-order valence-electron chi connectivity index (χ0n) is 21.1. The number of hydrogen-bond donors (Lipinski definition) is 2. The van der Waals surface area contributed by atoms with E-state index in [1.54, 1.807) is 35.7 Å². The molecular formula is C27H20Cl3F3N4O3S. The summed E-state index contributed by atoms with van der Waals surface area (Å²) in [5, 5.41) is 9.95. The maximum Gasteiger partial charge on any atom is 0.416 e. The quantitative estimate of drug-likeness (QED) is 0.135. The molecule has 0 aliphatic rings. The number of nitrogens with zero attached hydrogens (tertiary/aromatic N) is 2. The van der Waals surface area contributed by atoms with E-state index in [0.29, 0.717) is 43.5 Å². The SMILES string of the molecule is COc1cc(/C=N\NC(=O)Cc2csc(Nc3cccc(C(F)(F)F)c3)n2)cc(Cl)c1OCc1ccc(Cl)cc1Cl.